The number of carbonyl (C=O) groups is 4. The predicted molar refractivity (Wildman–Crippen MR) is 172 cm³/mol. The van der Waals surface area contributed by atoms with Crippen LogP contribution in [0.3, 0.4) is 0 Å². The van der Waals surface area contributed by atoms with Crippen LogP contribution in [0.25, 0.3) is 0 Å². The first kappa shape index (κ1) is 32.6. The minimum atomic E-state index is -0.617. The minimum Gasteiger partial charge on any atom is -0.460 e. The summed E-state index contributed by atoms with van der Waals surface area (Å²) >= 11 is 0. The van der Waals surface area contributed by atoms with Crippen molar-refractivity contribution in [3.8, 4) is 0 Å². The van der Waals surface area contributed by atoms with E-state index in [4.69, 9.17) is 4.74 Å². The molecule has 3 heterocycles. The molecule has 0 radical (unpaired) electrons. The van der Waals surface area contributed by atoms with Crippen molar-refractivity contribution in [1.29, 1.82) is 0 Å². The Balaban J connectivity index is 1.02. The Hall–Kier alpha value is -3.76. The highest BCUT2D eigenvalue weighted by molar-refractivity contribution is 6.06. The average molecular weight is 618 g/mol. The smallest absolute Gasteiger partial charge is 0.306 e. The van der Waals surface area contributed by atoms with Crippen LogP contribution in [0.1, 0.15) is 86.3 Å². The van der Waals surface area contributed by atoms with E-state index < -0.39 is 17.6 Å². The number of ether oxygens (including phenoxy) is 1. The van der Waals surface area contributed by atoms with E-state index >= 15 is 0 Å². The summed E-state index contributed by atoms with van der Waals surface area (Å²) in [4.78, 5) is 55.6. The fraction of sp³-hybridized carbons (Fsp3) is 0.543. The first-order chi connectivity index (χ1) is 21.6. The van der Waals surface area contributed by atoms with E-state index in [1.165, 1.54) is 5.56 Å². The van der Waals surface area contributed by atoms with Gasteiger partial charge in [0.05, 0.1) is 0 Å². The Kier molecular flexibility index (Phi) is 10.6. The zero-order valence-corrected chi connectivity index (χ0v) is 26.9. The number of carbonyl (C=O) groups excluding carboxylic acids is 4. The van der Waals surface area contributed by atoms with Crippen molar-refractivity contribution < 1.29 is 23.9 Å². The third-order valence-electron chi connectivity index (χ3n) is 8.73. The van der Waals surface area contributed by atoms with Crippen LogP contribution in [0.4, 0.5) is 5.69 Å². The lowest BCUT2D eigenvalue weighted by molar-refractivity contribution is -0.155. The number of amides is 3. The van der Waals surface area contributed by atoms with Gasteiger partial charge < -0.3 is 19.9 Å². The summed E-state index contributed by atoms with van der Waals surface area (Å²) in [5.41, 5.74) is 4.43. The number of esters is 1. The van der Waals surface area contributed by atoms with Crippen molar-refractivity contribution in [3.05, 3.63) is 64.7 Å². The molecule has 3 aliphatic rings. The first-order valence-corrected chi connectivity index (χ1v) is 16.3. The second-order valence-corrected chi connectivity index (χ2v) is 13.4. The number of benzene rings is 2. The number of hydrogen-bond donors (Lipinski definition) is 2. The van der Waals surface area contributed by atoms with Crippen LogP contribution in [0, 0.1) is 0 Å². The van der Waals surface area contributed by atoms with Crippen molar-refractivity contribution in [3.63, 3.8) is 0 Å². The van der Waals surface area contributed by atoms with Crippen molar-refractivity contribution in [2.75, 3.05) is 38.0 Å². The molecular weight excluding hydrogens is 570 g/mol. The minimum absolute atomic E-state index is 0.0995. The van der Waals surface area contributed by atoms with Crippen molar-refractivity contribution in [1.82, 2.24) is 20.0 Å². The van der Waals surface area contributed by atoms with Crippen molar-refractivity contribution >= 4 is 29.4 Å². The van der Waals surface area contributed by atoms with Gasteiger partial charge in [0.15, 0.2) is 0 Å². The summed E-state index contributed by atoms with van der Waals surface area (Å²) in [7, 11) is 0. The van der Waals surface area contributed by atoms with E-state index in [1.54, 1.807) is 11.0 Å². The molecule has 2 N–H and O–H groups in total. The van der Waals surface area contributed by atoms with Gasteiger partial charge >= 0.3 is 5.97 Å². The lowest BCUT2D eigenvalue weighted by atomic mass is 10.0. The maximum atomic E-state index is 13.1. The normalized spacial score (nSPS) is 19.4. The number of hydrogen-bond acceptors (Lipinski definition) is 8. The van der Waals surface area contributed by atoms with E-state index in [9.17, 15) is 19.2 Å². The molecule has 10 nitrogen and oxygen atoms in total. The molecular formula is C35H47N5O5. The van der Waals surface area contributed by atoms with Crippen LogP contribution in [0.15, 0.2) is 42.5 Å². The fourth-order valence-electron chi connectivity index (χ4n) is 6.31. The highest BCUT2D eigenvalue weighted by Gasteiger charge is 2.39. The number of piperidine rings is 1. The summed E-state index contributed by atoms with van der Waals surface area (Å²) in [5, 5.41) is 5.86. The lowest BCUT2D eigenvalue weighted by Crippen LogP contribution is -2.52. The molecule has 45 heavy (non-hydrogen) atoms. The lowest BCUT2D eigenvalue weighted by Gasteiger charge is -2.34. The molecule has 2 fully saturated rings. The summed E-state index contributed by atoms with van der Waals surface area (Å²) in [6.45, 7) is 12.9. The Morgan fingerprint density at radius 3 is 2.36 bits per heavy atom. The number of piperazine rings is 1. The molecule has 3 aliphatic heterocycles. The highest BCUT2D eigenvalue weighted by Crippen LogP contribution is 2.32. The van der Waals surface area contributed by atoms with Crippen LogP contribution >= 0.6 is 0 Å². The largest absolute Gasteiger partial charge is 0.460 e. The van der Waals surface area contributed by atoms with Crippen LogP contribution in [0.2, 0.25) is 0 Å². The standard InChI is InChI=1S/C35H47N5O5/c1-35(2,3)45-32(42)10-5-4-6-17-38-18-20-39(21-19-38)23-26-13-11-25(12-14-26)22-36-29-9-7-8-27-28(29)24-40(34(27)44)30-15-16-31(41)37-33(30)43/h7-9,11-14,30,36H,4-6,10,15-24H2,1-3H3,(H,37,41,43). The quantitative estimate of drug-likeness (QED) is 0.208. The molecule has 0 aliphatic carbocycles. The second kappa shape index (κ2) is 14.6. The zero-order chi connectivity index (χ0) is 32.0. The van der Waals surface area contributed by atoms with E-state index in [1.807, 2.05) is 32.9 Å². The van der Waals surface area contributed by atoms with Gasteiger partial charge in [0.1, 0.15) is 11.6 Å². The molecule has 0 bridgehead atoms. The Morgan fingerprint density at radius 2 is 1.64 bits per heavy atom. The molecule has 0 spiro atoms. The monoisotopic (exact) mass is 617 g/mol. The molecule has 2 aromatic rings. The average Bonchev–Trinajstić information content (AvgIpc) is 3.33. The molecule has 1 atom stereocenters. The topological polar surface area (TPSA) is 111 Å². The van der Waals surface area contributed by atoms with Gasteiger partial charge in [-0.15, -0.1) is 0 Å². The van der Waals surface area contributed by atoms with E-state index in [0.717, 1.165) is 75.3 Å². The summed E-state index contributed by atoms with van der Waals surface area (Å²) < 4.78 is 5.39. The summed E-state index contributed by atoms with van der Waals surface area (Å²) in [6, 6.07) is 13.7. The maximum absolute atomic E-state index is 13.1. The van der Waals surface area contributed by atoms with Crippen molar-refractivity contribution in [2.45, 2.75) is 90.6 Å². The number of rotatable bonds is 12. The second-order valence-electron chi connectivity index (χ2n) is 13.4. The van der Waals surface area contributed by atoms with Crippen LogP contribution in [-0.4, -0.2) is 82.8 Å². The number of anilines is 1. The molecule has 2 saturated heterocycles. The number of unbranched alkanes of at least 4 members (excludes halogenated alkanes) is 2. The third kappa shape index (κ3) is 8.92. The Morgan fingerprint density at radius 1 is 0.933 bits per heavy atom. The van der Waals surface area contributed by atoms with Gasteiger partial charge in [0.2, 0.25) is 11.8 Å². The fourth-order valence-corrected chi connectivity index (χ4v) is 6.31. The Bertz CT molecular complexity index is 1380. The van der Waals surface area contributed by atoms with Gasteiger partial charge in [-0.2, -0.15) is 0 Å². The van der Waals surface area contributed by atoms with Gasteiger partial charge in [0.25, 0.3) is 5.91 Å². The van der Waals surface area contributed by atoms with E-state index in [-0.39, 0.29) is 24.2 Å². The molecule has 5 rings (SSSR count). The van der Waals surface area contributed by atoms with Gasteiger partial charge in [-0.1, -0.05) is 36.8 Å². The summed E-state index contributed by atoms with van der Waals surface area (Å²) in [6.07, 6.45) is 4.14. The molecule has 0 aromatic heterocycles. The predicted octanol–water partition coefficient (Wildman–Crippen LogP) is 4.08. The Labute approximate surface area is 266 Å². The van der Waals surface area contributed by atoms with Gasteiger partial charge in [-0.3, -0.25) is 29.4 Å². The van der Waals surface area contributed by atoms with Gasteiger partial charge in [-0.25, -0.2) is 0 Å². The van der Waals surface area contributed by atoms with Crippen LogP contribution in [-0.2, 0) is 38.8 Å². The molecule has 3 amide bonds. The molecule has 1 unspecified atom stereocenters. The van der Waals surface area contributed by atoms with Gasteiger partial charge in [0, 0.05) is 75.5 Å². The SMILES string of the molecule is CC(C)(C)OC(=O)CCCCCN1CCN(Cc2ccc(CNc3cccc4c3CN(C3CCC(=O)NC3=O)C4=O)cc2)CC1. The van der Waals surface area contributed by atoms with Crippen molar-refractivity contribution in [2.24, 2.45) is 0 Å². The molecule has 10 heteroatoms. The number of nitrogens with one attached hydrogen (secondary N) is 2. The van der Waals surface area contributed by atoms with Crippen LogP contribution < -0.4 is 10.6 Å². The number of nitrogens with zero attached hydrogens (tertiary/aromatic N) is 3. The molecule has 242 valence electrons. The van der Waals surface area contributed by atoms with E-state index in [0.29, 0.717) is 31.5 Å². The molecule has 0 saturated carbocycles. The van der Waals surface area contributed by atoms with Gasteiger partial charge in [-0.05, 0) is 69.8 Å². The third-order valence-corrected chi connectivity index (χ3v) is 8.73. The number of fused-ring (bicyclic) bond motifs is 1. The zero-order valence-electron chi connectivity index (χ0n) is 26.9. The first-order valence-electron chi connectivity index (χ1n) is 16.3. The summed E-state index contributed by atoms with van der Waals surface area (Å²) in [5.74, 6) is -0.943. The maximum Gasteiger partial charge on any atom is 0.306 e. The highest BCUT2D eigenvalue weighted by atomic mass is 16.6. The van der Waals surface area contributed by atoms with Crippen LogP contribution in [0.5, 0.6) is 0 Å². The number of imide groups is 1. The van der Waals surface area contributed by atoms with E-state index in [2.05, 4.69) is 44.7 Å². The molecule has 2 aromatic carbocycles.